The van der Waals surface area contributed by atoms with Gasteiger partial charge in [-0.3, -0.25) is 4.79 Å². The lowest BCUT2D eigenvalue weighted by molar-refractivity contribution is -0.139. The molecular formula is C17H16O3. The van der Waals surface area contributed by atoms with Crippen molar-refractivity contribution in [3.05, 3.63) is 53.6 Å². The van der Waals surface area contributed by atoms with Gasteiger partial charge >= 0.3 is 5.97 Å². The summed E-state index contributed by atoms with van der Waals surface area (Å²) in [5.41, 5.74) is 2.98. The summed E-state index contributed by atoms with van der Waals surface area (Å²) in [4.78, 5) is 23.4. The second-order valence-corrected chi connectivity index (χ2v) is 4.40. The van der Waals surface area contributed by atoms with E-state index in [0.29, 0.717) is 0 Å². The number of Topliss-reactive ketones (excluding diaryl/α,β-unsaturated/α-hetero) is 1. The van der Waals surface area contributed by atoms with Gasteiger partial charge in [0.25, 0.3) is 0 Å². The number of rotatable bonds is 4. The first kappa shape index (κ1) is 14.0. The van der Waals surface area contributed by atoms with Gasteiger partial charge in [0.15, 0.2) is 5.78 Å². The smallest absolute Gasteiger partial charge is 0.341 e. The zero-order valence-corrected chi connectivity index (χ0v) is 11.6. The van der Waals surface area contributed by atoms with Crippen LogP contribution in [-0.2, 0) is 14.3 Å². The Morgan fingerprint density at radius 1 is 1.10 bits per heavy atom. The normalized spacial score (nSPS) is 11.4. The Bertz CT molecular complexity index is 641. The fourth-order valence-electron chi connectivity index (χ4n) is 2.03. The Morgan fingerprint density at radius 3 is 2.55 bits per heavy atom. The lowest BCUT2D eigenvalue weighted by Gasteiger charge is -2.04. The molecule has 102 valence electrons. The second kappa shape index (κ2) is 6.15. The van der Waals surface area contributed by atoms with Crippen molar-refractivity contribution in [3.8, 4) is 11.1 Å². The maximum atomic E-state index is 11.8. The van der Waals surface area contributed by atoms with Gasteiger partial charge in [0, 0.05) is 0 Å². The second-order valence-electron chi connectivity index (χ2n) is 4.40. The highest BCUT2D eigenvalue weighted by Gasteiger charge is 2.17. The van der Waals surface area contributed by atoms with Crippen LogP contribution < -0.4 is 0 Å². The minimum Gasteiger partial charge on any atom is -0.462 e. The van der Waals surface area contributed by atoms with Crippen molar-refractivity contribution in [1.82, 2.24) is 0 Å². The first-order chi connectivity index (χ1) is 9.63. The van der Waals surface area contributed by atoms with Gasteiger partial charge in [0.2, 0.25) is 0 Å². The molecule has 0 radical (unpaired) electrons. The lowest BCUT2D eigenvalue weighted by atomic mass is 10.1. The van der Waals surface area contributed by atoms with Gasteiger partial charge < -0.3 is 4.74 Å². The molecule has 2 rings (SSSR count). The summed E-state index contributed by atoms with van der Waals surface area (Å²) in [6.07, 6.45) is 1.60. The molecule has 0 atom stereocenters. The van der Waals surface area contributed by atoms with Crippen molar-refractivity contribution in [2.24, 2.45) is 0 Å². The molecule has 0 N–H and O–H groups in total. The maximum absolute atomic E-state index is 11.8. The summed E-state index contributed by atoms with van der Waals surface area (Å²) >= 11 is 0. The molecule has 20 heavy (non-hydrogen) atoms. The molecule has 0 aromatic rings. The van der Waals surface area contributed by atoms with E-state index < -0.39 is 5.97 Å². The van der Waals surface area contributed by atoms with Crippen molar-refractivity contribution < 1.29 is 14.3 Å². The average Bonchev–Trinajstić information content (AvgIpc) is 2.63. The summed E-state index contributed by atoms with van der Waals surface area (Å²) in [5.74, 6) is -0.868. The van der Waals surface area contributed by atoms with Crippen LogP contribution in [0.1, 0.15) is 19.4 Å². The van der Waals surface area contributed by atoms with Crippen LogP contribution in [0.15, 0.2) is 48.0 Å². The molecule has 0 bridgehead atoms. The molecule has 0 unspecified atom stereocenters. The molecule has 3 heteroatoms. The molecular weight excluding hydrogens is 252 g/mol. The summed E-state index contributed by atoms with van der Waals surface area (Å²) < 4.78 is 4.92. The van der Waals surface area contributed by atoms with Crippen LogP contribution in [0.2, 0.25) is 0 Å². The highest BCUT2D eigenvalue weighted by atomic mass is 16.5. The number of esters is 1. The minimum atomic E-state index is -0.574. The number of hydrogen-bond acceptors (Lipinski definition) is 3. The fraction of sp³-hybridized carbons (Fsp3) is 0.176. The number of ketones is 1. The Kier molecular flexibility index (Phi) is 4.31. The zero-order chi connectivity index (χ0) is 14.5. The molecule has 0 aromatic carbocycles. The van der Waals surface area contributed by atoms with Crippen LogP contribution in [0.3, 0.4) is 0 Å². The van der Waals surface area contributed by atoms with Gasteiger partial charge in [-0.25, -0.2) is 4.79 Å². The van der Waals surface area contributed by atoms with E-state index in [-0.39, 0.29) is 18.0 Å². The van der Waals surface area contributed by atoms with Gasteiger partial charge in [-0.15, -0.1) is 0 Å². The third kappa shape index (κ3) is 2.94. The molecule has 0 amide bonds. The Labute approximate surface area is 118 Å². The van der Waals surface area contributed by atoms with Crippen LogP contribution in [-0.4, -0.2) is 18.4 Å². The first-order valence-corrected chi connectivity index (χ1v) is 6.51. The third-order valence-electron chi connectivity index (χ3n) is 3.00. The Balaban J connectivity index is 2.46. The summed E-state index contributed by atoms with van der Waals surface area (Å²) in [7, 11) is 0. The highest BCUT2D eigenvalue weighted by Crippen LogP contribution is 2.28. The summed E-state index contributed by atoms with van der Waals surface area (Å²) in [5, 5.41) is 0. The highest BCUT2D eigenvalue weighted by molar-refractivity contribution is 6.20. The van der Waals surface area contributed by atoms with Crippen LogP contribution in [0.25, 0.3) is 17.2 Å². The molecule has 2 aliphatic carbocycles. The SMILES string of the molecule is CCOC(=O)/C(=C/c1ccc2cccccc1-2)C(C)=O. The third-order valence-corrected chi connectivity index (χ3v) is 3.00. The largest absolute Gasteiger partial charge is 0.462 e. The monoisotopic (exact) mass is 268 g/mol. The van der Waals surface area contributed by atoms with E-state index in [4.69, 9.17) is 4.74 Å². The molecule has 3 nitrogen and oxygen atoms in total. The molecule has 0 saturated carbocycles. The average molecular weight is 268 g/mol. The van der Waals surface area contributed by atoms with Crippen LogP contribution in [0, 0.1) is 0 Å². The topological polar surface area (TPSA) is 43.4 Å². The predicted octanol–water partition coefficient (Wildman–Crippen LogP) is 3.33. The van der Waals surface area contributed by atoms with E-state index in [9.17, 15) is 9.59 Å². The van der Waals surface area contributed by atoms with Gasteiger partial charge in [-0.1, -0.05) is 42.5 Å². The fourth-order valence-corrected chi connectivity index (χ4v) is 2.03. The van der Waals surface area contributed by atoms with Crippen molar-refractivity contribution in [2.75, 3.05) is 6.61 Å². The van der Waals surface area contributed by atoms with Crippen molar-refractivity contribution in [2.45, 2.75) is 13.8 Å². The minimum absolute atomic E-state index is 0.0749. The van der Waals surface area contributed by atoms with Gasteiger partial charge in [-0.2, -0.15) is 0 Å². The summed E-state index contributed by atoms with van der Waals surface area (Å²) in [6.45, 7) is 3.33. The van der Waals surface area contributed by atoms with Gasteiger partial charge in [-0.05, 0) is 36.6 Å². The summed E-state index contributed by atoms with van der Waals surface area (Å²) in [6, 6.07) is 13.6. The van der Waals surface area contributed by atoms with Gasteiger partial charge in [0.1, 0.15) is 5.57 Å². The molecule has 2 aliphatic rings. The maximum Gasteiger partial charge on any atom is 0.341 e. The zero-order valence-electron chi connectivity index (χ0n) is 11.6. The molecule has 0 saturated heterocycles. The van der Waals surface area contributed by atoms with Crippen molar-refractivity contribution in [1.29, 1.82) is 0 Å². The standard InChI is InChI=1S/C17H16O3/c1-3-20-17(19)16(12(2)18)11-14-10-9-13-7-5-4-6-8-15(13)14/h4-11H,3H2,1-2H3/b16-11+. The van der Waals surface area contributed by atoms with Crippen molar-refractivity contribution in [3.63, 3.8) is 0 Å². The number of carbonyl (C=O) groups excluding carboxylic acids is 2. The van der Waals surface area contributed by atoms with Crippen molar-refractivity contribution >= 4 is 17.8 Å². The Hall–Kier alpha value is -2.42. The van der Waals surface area contributed by atoms with E-state index in [1.54, 1.807) is 13.0 Å². The number of ether oxygens (including phenoxy) is 1. The number of fused-ring (bicyclic) bond motifs is 1. The van der Waals surface area contributed by atoms with E-state index >= 15 is 0 Å². The molecule has 0 spiro atoms. The molecule has 0 aromatic heterocycles. The van der Waals surface area contributed by atoms with E-state index in [2.05, 4.69) is 0 Å². The Morgan fingerprint density at radius 2 is 1.85 bits per heavy atom. The lowest BCUT2D eigenvalue weighted by Crippen LogP contribution is -2.13. The van der Waals surface area contributed by atoms with E-state index in [1.807, 2.05) is 42.5 Å². The molecule has 0 heterocycles. The quantitative estimate of drug-likeness (QED) is 0.370. The molecule has 0 fully saturated rings. The van der Waals surface area contributed by atoms with Crippen LogP contribution >= 0.6 is 0 Å². The number of carbonyl (C=O) groups is 2. The van der Waals surface area contributed by atoms with Crippen LogP contribution in [0.4, 0.5) is 0 Å². The molecule has 0 aliphatic heterocycles. The first-order valence-electron chi connectivity index (χ1n) is 6.51. The van der Waals surface area contributed by atoms with Crippen LogP contribution in [0.5, 0.6) is 0 Å². The number of hydrogen-bond donors (Lipinski definition) is 0. The van der Waals surface area contributed by atoms with E-state index in [0.717, 1.165) is 16.7 Å². The van der Waals surface area contributed by atoms with E-state index in [1.165, 1.54) is 6.92 Å². The predicted molar refractivity (Wildman–Crippen MR) is 78.4 cm³/mol. The van der Waals surface area contributed by atoms with Gasteiger partial charge in [0.05, 0.1) is 6.61 Å².